The average molecular weight is 290 g/mol. The number of nitro benzene ring substituents is 1. The van der Waals surface area contributed by atoms with Gasteiger partial charge in [0.2, 0.25) is 0 Å². The Morgan fingerprint density at radius 3 is 2.62 bits per heavy atom. The Morgan fingerprint density at radius 2 is 2.00 bits per heavy atom. The zero-order valence-electron chi connectivity index (χ0n) is 11.0. The molecule has 0 heterocycles. The predicted octanol–water partition coefficient (Wildman–Crippen LogP) is 3.00. The molecule has 0 aliphatic carbocycles. The van der Waals surface area contributed by atoms with Crippen molar-refractivity contribution in [2.45, 2.75) is 6.92 Å². The summed E-state index contributed by atoms with van der Waals surface area (Å²) in [5.74, 6) is -1.56. The van der Waals surface area contributed by atoms with Crippen molar-refractivity contribution >= 4 is 17.3 Å². The van der Waals surface area contributed by atoms with E-state index in [-0.39, 0.29) is 22.7 Å². The van der Waals surface area contributed by atoms with Crippen molar-refractivity contribution in [1.29, 1.82) is 0 Å². The number of hydrogen-bond donors (Lipinski definition) is 2. The molecule has 2 rings (SSSR count). The van der Waals surface area contributed by atoms with Gasteiger partial charge in [0.1, 0.15) is 11.6 Å². The summed E-state index contributed by atoms with van der Waals surface area (Å²) in [4.78, 5) is 22.0. The lowest BCUT2D eigenvalue weighted by Crippen LogP contribution is -2.12. The quantitative estimate of drug-likeness (QED) is 0.516. The van der Waals surface area contributed by atoms with Gasteiger partial charge in [-0.3, -0.25) is 14.9 Å². The number of anilines is 1. The normalized spacial score (nSPS) is 10.2. The van der Waals surface area contributed by atoms with E-state index in [1.165, 1.54) is 12.1 Å². The van der Waals surface area contributed by atoms with Crippen molar-refractivity contribution in [3.8, 4) is 5.75 Å². The number of benzene rings is 2. The van der Waals surface area contributed by atoms with Crippen molar-refractivity contribution < 1.29 is 19.2 Å². The van der Waals surface area contributed by atoms with Gasteiger partial charge in [0.05, 0.1) is 10.6 Å². The number of carbonyl (C=O) groups excluding carboxylic acids is 1. The third-order valence-corrected chi connectivity index (χ3v) is 2.74. The van der Waals surface area contributed by atoms with Gasteiger partial charge < -0.3 is 10.4 Å². The Hall–Kier alpha value is -2.96. The Kier molecular flexibility index (Phi) is 3.84. The van der Waals surface area contributed by atoms with E-state index in [4.69, 9.17) is 0 Å². The van der Waals surface area contributed by atoms with Crippen LogP contribution in [0.4, 0.5) is 15.8 Å². The van der Waals surface area contributed by atoms with E-state index in [1.54, 1.807) is 6.92 Å². The average Bonchev–Trinajstić information content (AvgIpc) is 2.39. The van der Waals surface area contributed by atoms with Crippen LogP contribution in [-0.2, 0) is 0 Å². The van der Waals surface area contributed by atoms with E-state index in [9.17, 15) is 24.4 Å². The summed E-state index contributed by atoms with van der Waals surface area (Å²) in [6.07, 6.45) is 0. The molecule has 2 aromatic rings. The molecule has 0 aliphatic rings. The Bertz CT molecular complexity index is 711. The van der Waals surface area contributed by atoms with E-state index in [2.05, 4.69) is 5.32 Å². The third kappa shape index (κ3) is 3.33. The first-order valence-corrected chi connectivity index (χ1v) is 5.93. The summed E-state index contributed by atoms with van der Waals surface area (Å²) in [7, 11) is 0. The molecule has 0 fully saturated rings. The highest BCUT2D eigenvalue weighted by Crippen LogP contribution is 2.28. The van der Waals surface area contributed by atoms with E-state index in [1.807, 2.05) is 0 Å². The number of hydrogen-bond acceptors (Lipinski definition) is 4. The second kappa shape index (κ2) is 5.58. The predicted molar refractivity (Wildman–Crippen MR) is 73.9 cm³/mol. The van der Waals surface area contributed by atoms with Crippen molar-refractivity contribution in [3.63, 3.8) is 0 Å². The van der Waals surface area contributed by atoms with Crippen LogP contribution < -0.4 is 5.32 Å². The first-order chi connectivity index (χ1) is 9.86. The maximum absolute atomic E-state index is 13.3. The van der Waals surface area contributed by atoms with Crippen LogP contribution in [0.15, 0.2) is 36.4 Å². The fourth-order valence-electron chi connectivity index (χ4n) is 1.80. The van der Waals surface area contributed by atoms with Crippen molar-refractivity contribution in [2.24, 2.45) is 0 Å². The monoisotopic (exact) mass is 290 g/mol. The van der Waals surface area contributed by atoms with Gasteiger partial charge in [0, 0.05) is 17.7 Å². The molecule has 6 nitrogen and oxygen atoms in total. The lowest BCUT2D eigenvalue weighted by Gasteiger charge is -2.08. The molecule has 2 aromatic carbocycles. The molecule has 0 aromatic heterocycles. The molecular weight excluding hydrogens is 279 g/mol. The number of non-ortho nitro benzene ring substituents is 1. The highest BCUT2D eigenvalue weighted by Gasteiger charge is 2.14. The fourth-order valence-corrected chi connectivity index (χ4v) is 1.80. The molecule has 1 amide bonds. The number of carbonyl (C=O) groups is 1. The fraction of sp³-hybridized carbons (Fsp3) is 0.0714. The molecule has 21 heavy (non-hydrogen) atoms. The molecule has 0 radical (unpaired) electrons. The van der Waals surface area contributed by atoms with Gasteiger partial charge in [-0.2, -0.15) is 0 Å². The number of nitro groups is 1. The Morgan fingerprint density at radius 1 is 1.29 bits per heavy atom. The smallest absolute Gasteiger partial charge is 0.271 e. The van der Waals surface area contributed by atoms with Gasteiger partial charge in [0.25, 0.3) is 11.6 Å². The molecule has 0 bridgehead atoms. The second-order valence-corrected chi connectivity index (χ2v) is 4.43. The van der Waals surface area contributed by atoms with Crippen LogP contribution in [0.2, 0.25) is 0 Å². The van der Waals surface area contributed by atoms with Crippen LogP contribution in [0, 0.1) is 22.9 Å². The first-order valence-electron chi connectivity index (χ1n) is 5.93. The molecule has 0 unspecified atom stereocenters. The van der Waals surface area contributed by atoms with Gasteiger partial charge in [-0.15, -0.1) is 0 Å². The zero-order chi connectivity index (χ0) is 15.6. The number of nitrogens with zero attached hydrogens (tertiary/aromatic N) is 1. The van der Waals surface area contributed by atoms with Crippen LogP contribution in [0.1, 0.15) is 15.9 Å². The zero-order valence-corrected chi connectivity index (χ0v) is 11.0. The Balaban J connectivity index is 2.31. The van der Waals surface area contributed by atoms with Gasteiger partial charge in [0.15, 0.2) is 0 Å². The standard InChI is InChI=1S/C14H11FN2O4/c1-8-4-9(6-10(15)5-8)14(19)16-12-7-11(17(20)21)2-3-13(12)18/h2-7,18H,1H3,(H,16,19). The molecule has 108 valence electrons. The third-order valence-electron chi connectivity index (χ3n) is 2.74. The molecule has 7 heteroatoms. The number of rotatable bonds is 3. The number of aryl methyl sites for hydroxylation is 1. The minimum Gasteiger partial charge on any atom is -0.506 e. The number of aromatic hydroxyl groups is 1. The molecule has 0 saturated carbocycles. The van der Waals surface area contributed by atoms with Gasteiger partial charge in [-0.1, -0.05) is 0 Å². The van der Waals surface area contributed by atoms with Gasteiger partial charge >= 0.3 is 0 Å². The lowest BCUT2D eigenvalue weighted by atomic mass is 10.1. The maximum Gasteiger partial charge on any atom is 0.271 e. The second-order valence-electron chi connectivity index (χ2n) is 4.43. The number of amides is 1. The first kappa shape index (κ1) is 14.4. The number of nitrogens with one attached hydrogen (secondary N) is 1. The highest BCUT2D eigenvalue weighted by atomic mass is 19.1. The van der Waals surface area contributed by atoms with Crippen molar-refractivity contribution in [2.75, 3.05) is 5.32 Å². The van der Waals surface area contributed by atoms with Gasteiger partial charge in [-0.05, 0) is 36.8 Å². The van der Waals surface area contributed by atoms with Crippen molar-refractivity contribution in [1.82, 2.24) is 0 Å². The number of phenols is 1. The van der Waals surface area contributed by atoms with Gasteiger partial charge in [-0.25, -0.2) is 4.39 Å². The van der Waals surface area contributed by atoms with Crippen molar-refractivity contribution in [3.05, 3.63) is 63.5 Å². The topological polar surface area (TPSA) is 92.5 Å². The Labute approximate surface area is 119 Å². The molecule has 0 saturated heterocycles. The molecule has 0 aliphatic heterocycles. The summed E-state index contributed by atoms with van der Waals surface area (Å²) in [5, 5.41) is 22.6. The van der Waals surface area contributed by atoms with E-state index in [0.29, 0.717) is 5.56 Å². The maximum atomic E-state index is 13.3. The molecular formula is C14H11FN2O4. The summed E-state index contributed by atoms with van der Waals surface area (Å²) in [6.45, 7) is 1.63. The minimum atomic E-state index is -0.673. The lowest BCUT2D eigenvalue weighted by molar-refractivity contribution is -0.384. The summed E-state index contributed by atoms with van der Waals surface area (Å²) in [5.41, 5.74) is 0.219. The largest absolute Gasteiger partial charge is 0.506 e. The van der Waals surface area contributed by atoms with Crippen LogP contribution in [0.5, 0.6) is 5.75 Å². The van der Waals surface area contributed by atoms with Crippen LogP contribution in [0.3, 0.4) is 0 Å². The van der Waals surface area contributed by atoms with E-state index >= 15 is 0 Å². The number of phenolic OH excluding ortho intramolecular Hbond substituents is 1. The summed E-state index contributed by atoms with van der Waals surface area (Å²) >= 11 is 0. The summed E-state index contributed by atoms with van der Waals surface area (Å²) < 4.78 is 13.3. The molecule has 0 atom stereocenters. The summed E-state index contributed by atoms with van der Waals surface area (Å²) in [6, 6.07) is 7.01. The van der Waals surface area contributed by atoms with Crippen LogP contribution >= 0.6 is 0 Å². The van der Waals surface area contributed by atoms with Crippen LogP contribution in [0.25, 0.3) is 0 Å². The SMILES string of the molecule is Cc1cc(F)cc(C(=O)Nc2cc([N+](=O)[O-])ccc2O)c1. The molecule has 2 N–H and O–H groups in total. The minimum absolute atomic E-state index is 0.0541. The van der Waals surface area contributed by atoms with E-state index < -0.39 is 16.6 Å². The van der Waals surface area contributed by atoms with E-state index in [0.717, 1.165) is 24.3 Å². The molecule has 0 spiro atoms. The highest BCUT2D eigenvalue weighted by molar-refractivity contribution is 6.05. The number of halogens is 1. The van der Waals surface area contributed by atoms with Crippen LogP contribution in [-0.4, -0.2) is 15.9 Å².